The van der Waals surface area contributed by atoms with Gasteiger partial charge in [0.25, 0.3) is 0 Å². The number of hydrogen-bond donors (Lipinski definition) is 0. The molecule has 0 spiro atoms. The highest BCUT2D eigenvalue weighted by Gasteiger charge is 2.23. The molecule has 0 amide bonds. The Morgan fingerprint density at radius 1 is 1.28 bits per heavy atom. The standard InChI is InChI=1S/C14H16O4/c1-16-12-5-4-11-10-17-8-2-3-9-18-14(15)13(11)7-6-12/h2-7,13H,8-10H2,1H3/b3-2-. The molecule has 4 nitrogen and oxygen atoms in total. The Bertz CT molecular complexity index is 429. The molecule has 96 valence electrons. The zero-order valence-electron chi connectivity index (χ0n) is 10.3. The van der Waals surface area contributed by atoms with E-state index in [9.17, 15) is 4.79 Å². The van der Waals surface area contributed by atoms with Crippen molar-refractivity contribution < 1.29 is 19.0 Å². The summed E-state index contributed by atoms with van der Waals surface area (Å²) < 4.78 is 15.8. The summed E-state index contributed by atoms with van der Waals surface area (Å²) in [6.45, 7) is 1.21. The Morgan fingerprint density at radius 2 is 2.11 bits per heavy atom. The Balaban J connectivity index is 2.23. The van der Waals surface area contributed by atoms with E-state index in [-0.39, 0.29) is 12.6 Å². The summed E-state index contributed by atoms with van der Waals surface area (Å²) in [6, 6.07) is 0. The third-order valence-electron chi connectivity index (χ3n) is 2.78. The molecule has 4 heteroatoms. The fourth-order valence-corrected chi connectivity index (χ4v) is 1.77. The van der Waals surface area contributed by atoms with Crippen LogP contribution in [0.1, 0.15) is 0 Å². The lowest BCUT2D eigenvalue weighted by Gasteiger charge is -2.16. The molecule has 0 radical (unpaired) electrons. The van der Waals surface area contributed by atoms with Crippen LogP contribution in [0.5, 0.6) is 0 Å². The molecule has 1 aliphatic heterocycles. The number of allylic oxidation sites excluding steroid dienone is 3. The van der Waals surface area contributed by atoms with E-state index in [1.165, 1.54) is 0 Å². The smallest absolute Gasteiger partial charge is 0.317 e. The normalized spacial score (nSPS) is 26.1. The van der Waals surface area contributed by atoms with Crippen LogP contribution in [0.15, 0.2) is 47.8 Å². The monoisotopic (exact) mass is 248 g/mol. The van der Waals surface area contributed by atoms with Crippen LogP contribution in [0.3, 0.4) is 0 Å². The third-order valence-corrected chi connectivity index (χ3v) is 2.78. The van der Waals surface area contributed by atoms with Gasteiger partial charge in [0, 0.05) is 0 Å². The summed E-state index contributed by atoms with van der Waals surface area (Å²) in [5, 5.41) is 0. The Morgan fingerprint density at radius 3 is 2.94 bits per heavy atom. The number of fused-ring (bicyclic) bond motifs is 1. The van der Waals surface area contributed by atoms with E-state index < -0.39 is 5.92 Å². The fraction of sp³-hybridized carbons (Fsp3) is 0.357. The molecule has 18 heavy (non-hydrogen) atoms. The van der Waals surface area contributed by atoms with E-state index in [1.54, 1.807) is 25.3 Å². The van der Waals surface area contributed by atoms with Crippen LogP contribution in [0.25, 0.3) is 0 Å². The third kappa shape index (κ3) is 3.11. The molecule has 0 aromatic rings. The van der Waals surface area contributed by atoms with Crippen LogP contribution in [-0.2, 0) is 19.0 Å². The van der Waals surface area contributed by atoms with Crippen LogP contribution in [0.4, 0.5) is 0 Å². The van der Waals surface area contributed by atoms with Crippen molar-refractivity contribution in [2.75, 3.05) is 26.9 Å². The molecule has 0 saturated carbocycles. The molecule has 1 heterocycles. The van der Waals surface area contributed by atoms with Gasteiger partial charge in [0.2, 0.25) is 0 Å². The molecule has 0 N–H and O–H groups in total. The second-order valence-corrected chi connectivity index (χ2v) is 3.97. The summed E-state index contributed by atoms with van der Waals surface area (Å²) in [6.07, 6.45) is 10.9. The van der Waals surface area contributed by atoms with Crippen LogP contribution in [-0.4, -0.2) is 32.9 Å². The van der Waals surface area contributed by atoms with Crippen molar-refractivity contribution in [2.45, 2.75) is 0 Å². The summed E-state index contributed by atoms with van der Waals surface area (Å²) in [5.41, 5.74) is 0.874. The molecular formula is C14H16O4. The number of esters is 1. The molecule has 0 aromatic carbocycles. The van der Waals surface area contributed by atoms with Crippen molar-refractivity contribution in [3.63, 3.8) is 0 Å². The zero-order valence-corrected chi connectivity index (χ0v) is 10.3. The maximum atomic E-state index is 11.9. The summed E-state index contributed by atoms with van der Waals surface area (Å²) >= 11 is 0. The van der Waals surface area contributed by atoms with Gasteiger partial charge in [-0.15, -0.1) is 0 Å². The number of rotatable bonds is 1. The lowest BCUT2D eigenvalue weighted by atomic mass is 9.99. The highest BCUT2D eigenvalue weighted by Crippen LogP contribution is 2.21. The first-order valence-corrected chi connectivity index (χ1v) is 5.83. The quantitative estimate of drug-likeness (QED) is 0.524. The summed E-state index contributed by atoms with van der Waals surface area (Å²) in [7, 11) is 1.59. The van der Waals surface area contributed by atoms with Gasteiger partial charge in [0.15, 0.2) is 0 Å². The molecule has 0 aromatic heterocycles. The topological polar surface area (TPSA) is 44.8 Å². The molecule has 0 saturated heterocycles. The van der Waals surface area contributed by atoms with Gasteiger partial charge in [-0.3, -0.25) is 4.79 Å². The van der Waals surface area contributed by atoms with Crippen LogP contribution < -0.4 is 0 Å². The first-order chi connectivity index (χ1) is 8.81. The van der Waals surface area contributed by atoms with E-state index >= 15 is 0 Å². The Kier molecular flexibility index (Phi) is 4.36. The number of cyclic esters (lactones) is 1. The predicted molar refractivity (Wildman–Crippen MR) is 66.7 cm³/mol. The van der Waals surface area contributed by atoms with E-state index in [4.69, 9.17) is 14.2 Å². The maximum absolute atomic E-state index is 11.9. The van der Waals surface area contributed by atoms with Gasteiger partial charge < -0.3 is 14.2 Å². The van der Waals surface area contributed by atoms with Gasteiger partial charge in [-0.1, -0.05) is 18.2 Å². The minimum absolute atomic E-state index is 0.265. The molecular weight excluding hydrogens is 232 g/mol. The van der Waals surface area contributed by atoms with E-state index in [0.29, 0.717) is 19.0 Å². The minimum Gasteiger partial charge on any atom is -0.497 e. The zero-order chi connectivity index (χ0) is 12.8. The van der Waals surface area contributed by atoms with Crippen molar-refractivity contribution >= 4 is 5.97 Å². The number of hydrogen-bond acceptors (Lipinski definition) is 4. The van der Waals surface area contributed by atoms with Crippen molar-refractivity contribution in [1.29, 1.82) is 0 Å². The Labute approximate surface area is 106 Å². The van der Waals surface area contributed by atoms with Crippen LogP contribution in [0, 0.1) is 5.92 Å². The van der Waals surface area contributed by atoms with E-state index in [0.717, 1.165) is 5.57 Å². The summed E-state index contributed by atoms with van der Waals surface area (Å²) in [4.78, 5) is 11.9. The molecule has 2 aliphatic rings. The molecule has 1 atom stereocenters. The molecule has 0 fully saturated rings. The number of carbonyl (C=O) groups is 1. The molecule has 2 rings (SSSR count). The summed E-state index contributed by atoms with van der Waals surface area (Å²) in [5.74, 6) is 0.0367. The van der Waals surface area contributed by atoms with Gasteiger partial charge in [-0.2, -0.15) is 0 Å². The number of methoxy groups -OCH3 is 1. The van der Waals surface area contributed by atoms with Gasteiger partial charge in [0.05, 0.1) is 26.2 Å². The van der Waals surface area contributed by atoms with Crippen molar-refractivity contribution in [1.82, 2.24) is 0 Å². The highest BCUT2D eigenvalue weighted by atomic mass is 16.5. The highest BCUT2D eigenvalue weighted by molar-refractivity contribution is 5.78. The average Bonchev–Trinajstić information content (AvgIpc) is 2.59. The minimum atomic E-state index is -0.402. The first kappa shape index (κ1) is 12.6. The second kappa shape index (κ2) is 6.21. The van der Waals surface area contributed by atoms with Crippen molar-refractivity contribution in [3.8, 4) is 0 Å². The van der Waals surface area contributed by atoms with E-state index in [2.05, 4.69) is 0 Å². The molecule has 1 aliphatic carbocycles. The maximum Gasteiger partial charge on any atom is 0.317 e. The molecule has 1 unspecified atom stereocenters. The fourth-order valence-electron chi connectivity index (χ4n) is 1.77. The van der Waals surface area contributed by atoms with Gasteiger partial charge >= 0.3 is 5.97 Å². The second-order valence-electron chi connectivity index (χ2n) is 3.97. The van der Waals surface area contributed by atoms with Crippen LogP contribution >= 0.6 is 0 Å². The molecule has 0 bridgehead atoms. The average molecular weight is 248 g/mol. The largest absolute Gasteiger partial charge is 0.497 e. The number of carbonyl (C=O) groups excluding carboxylic acids is 1. The number of ether oxygens (including phenoxy) is 3. The van der Waals surface area contributed by atoms with Crippen molar-refractivity contribution in [2.24, 2.45) is 5.92 Å². The van der Waals surface area contributed by atoms with Crippen molar-refractivity contribution in [3.05, 3.63) is 47.8 Å². The van der Waals surface area contributed by atoms with Gasteiger partial charge in [0.1, 0.15) is 12.4 Å². The van der Waals surface area contributed by atoms with Gasteiger partial charge in [-0.25, -0.2) is 0 Å². The predicted octanol–water partition coefficient (Wildman–Crippen LogP) is 1.76. The lowest BCUT2D eigenvalue weighted by Crippen LogP contribution is -2.21. The van der Waals surface area contributed by atoms with E-state index in [1.807, 2.05) is 18.2 Å². The lowest BCUT2D eigenvalue weighted by molar-refractivity contribution is -0.144. The first-order valence-electron chi connectivity index (χ1n) is 5.83. The Hall–Kier alpha value is -1.81. The SMILES string of the molecule is COC1=CC=C2COC/C=C\COC(=O)C2C=C1. The van der Waals surface area contributed by atoms with Gasteiger partial charge in [-0.05, 0) is 23.8 Å². The van der Waals surface area contributed by atoms with Crippen LogP contribution in [0.2, 0.25) is 0 Å².